The number of nitrogens with one attached hydrogen (secondary N) is 1. The zero-order chi connectivity index (χ0) is 11.5. The van der Waals surface area contributed by atoms with E-state index in [1.165, 1.54) is 5.56 Å². The van der Waals surface area contributed by atoms with E-state index in [0.717, 1.165) is 24.2 Å². The van der Waals surface area contributed by atoms with Gasteiger partial charge in [-0.3, -0.25) is 0 Å². The highest BCUT2D eigenvalue weighted by Gasteiger charge is 2.19. The highest BCUT2D eigenvalue weighted by molar-refractivity contribution is 5.74. The summed E-state index contributed by atoms with van der Waals surface area (Å²) in [6.45, 7) is 4.03. The fourth-order valence-corrected chi connectivity index (χ4v) is 2.01. The summed E-state index contributed by atoms with van der Waals surface area (Å²) in [6.07, 6.45) is 0.909. The van der Waals surface area contributed by atoms with Gasteiger partial charge in [0.25, 0.3) is 0 Å². The molecule has 1 aliphatic heterocycles. The third-order valence-corrected chi connectivity index (χ3v) is 2.86. The lowest BCUT2D eigenvalue weighted by Crippen LogP contribution is -2.42. The van der Waals surface area contributed by atoms with Crippen LogP contribution in [0.15, 0.2) is 18.2 Å². The van der Waals surface area contributed by atoms with Gasteiger partial charge in [0.2, 0.25) is 0 Å². The molecule has 2 amide bonds. The predicted molar refractivity (Wildman–Crippen MR) is 64.0 cm³/mol. The molecule has 0 aliphatic carbocycles. The summed E-state index contributed by atoms with van der Waals surface area (Å²) in [5.41, 5.74) is 8.97. The van der Waals surface area contributed by atoms with Crippen LogP contribution in [0.3, 0.4) is 0 Å². The quantitative estimate of drug-likeness (QED) is 0.701. The summed E-state index contributed by atoms with van der Waals surface area (Å²) in [5, 5.41) is 2.82. The average molecular weight is 219 g/mol. The zero-order valence-corrected chi connectivity index (χ0v) is 9.49. The van der Waals surface area contributed by atoms with Crippen LogP contribution >= 0.6 is 0 Å². The zero-order valence-electron chi connectivity index (χ0n) is 9.49. The van der Waals surface area contributed by atoms with Crippen molar-refractivity contribution in [2.24, 2.45) is 0 Å². The molecule has 86 valence electrons. The number of hydrogen-bond acceptors (Lipinski definition) is 2. The molecule has 0 radical (unpaired) electrons. The van der Waals surface area contributed by atoms with Gasteiger partial charge in [0.1, 0.15) is 0 Å². The standard InChI is InChI=1S/C12H17N3O/c1-2-14-12(16)15-6-5-9-3-4-11(13)7-10(9)8-15/h3-4,7H,2,5-6,8,13H2,1H3,(H,14,16). The van der Waals surface area contributed by atoms with Gasteiger partial charge in [-0.1, -0.05) is 6.07 Å². The molecule has 0 spiro atoms. The summed E-state index contributed by atoms with van der Waals surface area (Å²) < 4.78 is 0. The molecule has 16 heavy (non-hydrogen) atoms. The first-order valence-electron chi connectivity index (χ1n) is 5.60. The average Bonchev–Trinajstić information content (AvgIpc) is 2.28. The molecule has 4 nitrogen and oxygen atoms in total. The number of fused-ring (bicyclic) bond motifs is 1. The molecule has 0 aromatic heterocycles. The SMILES string of the molecule is CCNC(=O)N1CCc2ccc(N)cc2C1. The second-order valence-electron chi connectivity index (χ2n) is 4.04. The van der Waals surface area contributed by atoms with Crippen LogP contribution in [0.25, 0.3) is 0 Å². The summed E-state index contributed by atoms with van der Waals surface area (Å²) in [6, 6.07) is 5.94. The number of hydrogen-bond donors (Lipinski definition) is 2. The number of nitrogens with two attached hydrogens (primary N) is 1. The van der Waals surface area contributed by atoms with Gasteiger partial charge in [0.15, 0.2) is 0 Å². The van der Waals surface area contributed by atoms with Crippen molar-refractivity contribution in [2.45, 2.75) is 19.9 Å². The van der Waals surface area contributed by atoms with Crippen molar-refractivity contribution in [2.75, 3.05) is 18.8 Å². The van der Waals surface area contributed by atoms with Crippen LogP contribution < -0.4 is 11.1 Å². The van der Waals surface area contributed by atoms with Gasteiger partial charge < -0.3 is 16.0 Å². The number of urea groups is 1. The third-order valence-electron chi connectivity index (χ3n) is 2.86. The summed E-state index contributed by atoms with van der Waals surface area (Å²) in [7, 11) is 0. The molecular formula is C12H17N3O. The molecule has 0 fully saturated rings. The minimum absolute atomic E-state index is 0.00979. The number of amides is 2. The number of rotatable bonds is 1. The largest absolute Gasteiger partial charge is 0.399 e. The number of nitrogen functional groups attached to an aromatic ring is 1. The van der Waals surface area contributed by atoms with Crippen LogP contribution in [-0.4, -0.2) is 24.0 Å². The van der Waals surface area contributed by atoms with Crippen molar-refractivity contribution in [3.8, 4) is 0 Å². The minimum Gasteiger partial charge on any atom is -0.399 e. The van der Waals surface area contributed by atoms with Crippen molar-refractivity contribution in [3.05, 3.63) is 29.3 Å². The number of carbonyl (C=O) groups excluding carboxylic acids is 1. The first-order chi connectivity index (χ1) is 7.70. The monoisotopic (exact) mass is 219 g/mol. The first kappa shape index (κ1) is 10.8. The Morgan fingerprint density at radius 3 is 3.06 bits per heavy atom. The highest BCUT2D eigenvalue weighted by Crippen LogP contribution is 2.21. The Morgan fingerprint density at radius 2 is 2.31 bits per heavy atom. The normalized spacial score (nSPS) is 14.4. The number of benzene rings is 1. The van der Waals surface area contributed by atoms with Crippen LogP contribution in [-0.2, 0) is 13.0 Å². The maximum atomic E-state index is 11.7. The maximum Gasteiger partial charge on any atom is 0.317 e. The molecule has 1 aromatic carbocycles. The molecule has 1 aromatic rings. The van der Waals surface area contributed by atoms with Gasteiger partial charge in [0.05, 0.1) is 0 Å². The van der Waals surface area contributed by atoms with E-state index in [2.05, 4.69) is 11.4 Å². The van der Waals surface area contributed by atoms with E-state index in [4.69, 9.17) is 5.73 Å². The van der Waals surface area contributed by atoms with E-state index in [1.807, 2.05) is 24.0 Å². The van der Waals surface area contributed by atoms with Gasteiger partial charge in [-0.2, -0.15) is 0 Å². The molecule has 3 N–H and O–H groups in total. The van der Waals surface area contributed by atoms with Crippen molar-refractivity contribution < 1.29 is 4.79 Å². The Morgan fingerprint density at radius 1 is 1.50 bits per heavy atom. The van der Waals surface area contributed by atoms with Gasteiger partial charge in [-0.25, -0.2) is 4.79 Å². The van der Waals surface area contributed by atoms with Gasteiger partial charge in [-0.15, -0.1) is 0 Å². The fraction of sp³-hybridized carbons (Fsp3) is 0.417. The fourth-order valence-electron chi connectivity index (χ4n) is 2.01. The number of nitrogens with zero attached hydrogens (tertiary/aromatic N) is 1. The Hall–Kier alpha value is -1.71. The Kier molecular flexibility index (Phi) is 2.99. The molecule has 0 bridgehead atoms. The first-order valence-corrected chi connectivity index (χ1v) is 5.60. The molecule has 0 atom stereocenters. The van der Waals surface area contributed by atoms with Crippen molar-refractivity contribution in [1.82, 2.24) is 10.2 Å². The smallest absolute Gasteiger partial charge is 0.317 e. The van der Waals surface area contributed by atoms with Crippen molar-refractivity contribution >= 4 is 11.7 Å². The lowest BCUT2D eigenvalue weighted by Gasteiger charge is -2.29. The Balaban J connectivity index is 2.13. The van der Waals surface area contributed by atoms with Crippen LogP contribution in [0.2, 0.25) is 0 Å². The van der Waals surface area contributed by atoms with Crippen molar-refractivity contribution in [3.63, 3.8) is 0 Å². The lowest BCUT2D eigenvalue weighted by atomic mass is 9.99. The lowest BCUT2D eigenvalue weighted by molar-refractivity contribution is 0.193. The Bertz CT molecular complexity index is 403. The van der Waals surface area contributed by atoms with Gasteiger partial charge in [0, 0.05) is 25.3 Å². The molecule has 2 rings (SSSR count). The highest BCUT2D eigenvalue weighted by atomic mass is 16.2. The van der Waals surface area contributed by atoms with Gasteiger partial charge >= 0.3 is 6.03 Å². The van der Waals surface area contributed by atoms with E-state index < -0.39 is 0 Å². The molecule has 1 aliphatic rings. The van der Waals surface area contributed by atoms with Crippen LogP contribution in [0, 0.1) is 0 Å². The molecule has 0 unspecified atom stereocenters. The second kappa shape index (κ2) is 4.43. The number of carbonyl (C=O) groups is 1. The van der Waals surface area contributed by atoms with E-state index in [-0.39, 0.29) is 6.03 Å². The summed E-state index contributed by atoms with van der Waals surface area (Å²) in [5.74, 6) is 0. The second-order valence-corrected chi connectivity index (χ2v) is 4.04. The van der Waals surface area contributed by atoms with Crippen LogP contribution in [0.5, 0.6) is 0 Å². The third kappa shape index (κ3) is 2.10. The molecule has 0 saturated heterocycles. The molecule has 4 heteroatoms. The minimum atomic E-state index is 0.00979. The van der Waals surface area contributed by atoms with E-state index in [0.29, 0.717) is 13.1 Å². The van der Waals surface area contributed by atoms with Crippen LogP contribution in [0.4, 0.5) is 10.5 Å². The maximum absolute atomic E-state index is 11.7. The summed E-state index contributed by atoms with van der Waals surface area (Å²) in [4.78, 5) is 13.5. The predicted octanol–water partition coefficient (Wildman–Crippen LogP) is 1.36. The molecule has 1 heterocycles. The van der Waals surface area contributed by atoms with E-state index >= 15 is 0 Å². The van der Waals surface area contributed by atoms with Gasteiger partial charge in [-0.05, 0) is 36.6 Å². The van der Waals surface area contributed by atoms with E-state index in [9.17, 15) is 4.79 Å². The van der Waals surface area contributed by atoms with E-state index in [1.54, 1.807) is 0 Å². The summed E-state index contributed by atoms with van der Waals surface area (Å²) >= 11 is 0. The van der Waals surface area contributed by atoms with Crippen molar-refractivity contribution in [1.29, 1.82) is 0 Å². The molecule has 0 saturated carbocycles. The topological polar surface area (TPSA) is 58.4 Å². The molecular weight excluding hydrogens is 202 g/mol. The van der Waals surface area contributed by atoms with Crippen LogP contribution in [0.1, 0.15) is 18.1 Å². The Labute approximate surface area is 95.4 Å². The number of anilines is 1.